The smallest absolute Gasteiger partial charge is 0.308 e. The minimum atomic E-state index is -0.711. The lowest BCUT2D eigenvalue weighted by Crippen LogP contribution is -2.24. The average Bonchev–Trinajstić information content (AvgIpc) is 2.75. The molecule has 1 aromatic carbocycles. The van der Waals surface area contributed by atoms with Crippen molar-refractivity contribution in [3.8, 4) is 0 Å². The van der Waals surface area contributed by atoms with Crippen LogP contribution in [-0.2, 0) is 11.3 Å². The molecule has 0 aromatic heterocycles. The molecule has 1 fully saturated rings. The Labute approximate surface area is 132 Å². The van der Waals surface area contributed by atoms with Crippen molar-refractivity contribution in [1.82, 2.24) is 4.90 Å². The van der Waals surface area contributed by atoms with Crippen molar-refractivity contribution in [3.63, 3.8) is 0 Å². The second-order valence-electron chi connectivity index (χ2n) is 6.66. The summed E-state index contributed by atoms with van der Waals surface area (Å²) in [6, 6.07) is 2.06. The maximum absolute atomic E-state index is 11.9. The Morgan fingerprint density at radius 2 is 1.86 bits per heavy atom. The van der Waals surface area contributed by atoms with Crippen LogP contribution in [0.25, 0.3) is 0 Å². The SMILES string of the molecule is CC(=O)c1c(C)cc(C)c(CN2C[C@@H](C)[C@H](C(=O)O)C2)c1C. The Hall–Kier alpha value is -1.68. The van der Waals surface area contributed by atoms with Gasteiger partial charge in [-0.2, -0.15) is 0 Å². The second-order valence-corrected chi connectivity index (χ2v) is 6.66. The first-order valence-electron chi connectivity index (χ1n) is 7.78. The average molecular weight is 303 g/mol. The van der Waals surface area contributed by atoms with Gasteiger partial charge in [0.2, 0.25) is 0 Å². The quantitative estimate of drug-likeness (QED) is 0.869. The minimum absolute atomic E-state index is 0.0921. The van der Waals surface area contributed by atoms with E-state index in [-0.39, 0.29) is 17.6 Å². The molecular formula is C18H25NO3. The van der Waals surface area contributed by atoms with Gasteiger partial charge in [0.1, 0.15) is 0 Å². The van der Waals surface area contributed by atoms with E-state index in [0.29, 0.717) is 13.1 Å². The van der Waals surface area contributed by atoms with Crippen molar-refractivity contribution in [3.05, 3.63) is 33.9 Å². The van der Waals surface area contributed by atoms with Gasteiger partial charge >= 0.3 is 5.97 Å². The molecule has 0 bridgehead atoms. The van der Waals surface area contributed by atoms with Gasteiger partial charge in [-0.15, -0.1) is 0 Å². The minimum Gasteiger partial charge on any atom is -0.481 e. The number of hydrogen-bond acceptors (Lipinski definition) is 3. The van der Waals surface area contributed by atoms with Crippen molar-refractivity contribution in [2.24, 2.45) is 11.8 Å². The van der Waals surface area contributed by atoms with E-state index in [0.717, 1.165) is 28.8 Å². The summed E-state index contributed by atoms with van der Waals surface area (Å²) in [5, 5.41) is 9.26. The molecule has 1 aliphatic heterocycles. The summed E-state index contributed by atoms with van der Waals surface area (Å²) in [5.41, 5.74) is 5.20. The first-order chi connectivity index (χ1) is 10.2. The molecule has 0 amide bonds. The molecule has 120 valence electrons. The molecule has 1 heterocycles. The maximum Gasteiger partial charge on any atom is 0.308 e. The predicted molar refractivity (Wildman–Crippen MR) is 86.2 cm³/mol. The number of aryl methyl sites for hydroxylation is 2. The molecule has 22 heavy (non-hydrogen) atoms. The van der Waals surface area contributed by atoms with Crippen LogP contribution in [0.1, 0.15) is 46.5 Å². The first-order valence-corrected chi connectivity index (χ1v) is 7.78. The number of carbonyl (C=O) groups is 2. The van der Waals surface area contributed by atoms with Crippen LogP contribution in [0.2, 0.25) is 0 Å². The number of hydrogen-bond donors (Lipinski definition) is 1. The lowest BCUT2D eigenvalue weighted by Gasteiger charge is -2.21. The fraction of sp³-hybridized carbons (Fsp3) is 0.556. The maximum atomic E-state index is 11.9. The third-order valence-electron chi connectivity index (χ3n) is 4.87. The van der Waals surface area contributed by atoms with Crippen LogP contribution >= 0.6 is 0 Å². The van der Waals surface area contributed by atoms with Crippen LogP contribution in [0.15, 0.2) is 6.07 Å². The van der Waals surface area contributed by atoms with E-state index >= 15 is 0 Å². The van der Waals surface area contributed by atoms with Gasteiger partial charge in [-0.3, -0.25) is 14.5 Å². The number of aliphatic carboxylic acids is 1. The zero-order valence-electron chi connectivity index (χ0n) is 14.1. The van der Waals surface area contributed by atoms with Gasteiger partial charge in [-0.05, 0) is 55.9 Å². The van der Waals surface area contributed by atoms with E-state index in [4.69, 9.17) is 0 Å². The highest BCUT2D eigenvalue weighted by Gasteiger charge is 2.35. The van der Waals surface area contributed by atoms with Crippen LogP contribution in [0, 0.1) is 32.6 Å². The fourth-order valence-corrected chi connectivity index (χ4v) is 3.75. The zero-order valence-corrected chi connectivity index (χ0v) is 14.1. The van der Waals surface area contributed by atoms with Gasteiger partial charge in [0.25, 0.3) is 0 Å². The van der Waals surface area contributed by atoms with Crippen molar-refractivity contribution in [1.29, 1.82) is 0 Å². The topological polar surface area (TPSA) is 57.6 Å². The molecule has 0 radical (unpaired) electrons. The molecule has 1 N–H and O–H groups in total. The van der Waals surface area contributed by atoms with E-state index in [1.807, 2.05) is 20.8 Å². The van der Waals surface area contributed by atoms with Crippen LogP contribution in [0.4, 0.5) is 0 Å². The van der Waals surface area contributed by atoms with E-state index in [9.17, 15) is 14.7 Å². The van der Waals surface area contributed by atoms with Gasteiger partial charge in [0.05, 0.1) is 5.92 Å². The molecule has 1 aromatic rings. The van der Waals surface area contributed by atoms with Gasteiger partial charge in [0, 0.05) is 25.2 Å². The van der Waals surface area contributed by atoms with E-state index in [1.165, 1.54) is 5.56 Å². The molecule has 0 unspecified atom stereocenters. The molecule has 2 atom stereocenters. The monoisotopic (exact) mass is 303 g/mol. The van der Waals surface area contributed by atoms with Gasteiger partial charge in [-0.25, -0.2) is 0 Å². The Balaban J connectivity index is 2.29. The highest BCUT2D eigenvalue weighted by atomic mass is 16.4. The number of nitrogens with zero attached hydrogens (tertiary/aromatic N) is 1. The molecular weight excluding hydrogens is 278 g/mol. The standard InChI is InChI=1S/C18H25NO3/c1-10-6-11(2)17(14(5)20)13(4)15(10)8-19-7-12(3)16(9-19)18(21)22/h6,12,16H,7-9H2,1-5H3,(H,21,22)/t12-,16-/m1/s1. The highest BCUT2D eigenvalue weighted by Crippen LogP contribution is 2.28. The van der Waals surface area contributed by atoms with Gasteiger partial charge in [0.15, 0.2) is 5.78 Å². The number of likely N-dealkylation sites (tertiary alicyclic amines) is 1. The first kappa shape index (κ1) is 16.7. The summed E-state index contributed by atoms with van der Waals surface area (Å²) in [6.45, 7) is 11.7. The molecule has 4 heteroatoms. The van der Waals surface area contributed by atoms with Crippen LogP contribution in [0.3, 0.4) is 0 Å². The Morgan fingerprint density at radius 3 is 2.36 bits per heavy atom. The number of rotatable bonds is 4. The van der Waals surface area contributed by atoms with Crippen molar-refractivity contribution < 1.29 is 14.7 Å². The lowest BCUT2D eigenvalue weighted by molar-refractivity contribution is -0.142. The summed E-state index contributed by atoms with van der Waals surface area (Å²) >= 11 is 0. The number of benzene rings is 1. The summed E-state index contributed by atoms with van der Waals surface area (Å²) in [6.07, 6.45) is 0. The highest BCUT2D eigenvalue weighted by molar-refractivity contribution is 5.97. The van der Waals surface area contributed by atoms with E-state index in [2.05, 4.69) is 17.9 Å². The van der Waals surface area contributed by atoms with Crippen LogP contribution in [0.5, 0.6) is 0 Å². The number of carbonyl (C=O) groups excluding carboxylic acids is 1. The number of ketones is 1. The third-order valence-corrected chi connectivity index (χ3v) is 4.87. The molecule has 0 saturated carbocycles. The zero-order chi connectivity index (χ0) is 16.6. The summed E-state index contributed by atoms with van der Waals surface area (Å²) in [5.74, 6) is -0.750. The fourth-order valence-electron chi connectivity index (χ4n) is 3.75. The van der Waals surface area contributed by atoms with Gasteiger partial charge < -0.3 is 5.11 Å². The Bertz CT molecular complexity index is 621. The van der Waals surface area contributed by atoms with E-state index < -0.39 is 5.97 Å². The molecule has 1 aliphatic rings. The van der Waals surface area contributed by atoms with Crippen molar-refractivity contribution in [2.75, 3.05) is 13.1 Å². The summed E-state index contributed by atoms with van der Waals surface area (Å²) < 4.78 is 0. The van der Waals surface area contributed by atoms with Crippen LogP contribution < -0.4 is 0 Å². The second kappa shape index (κ2) is 6.21. The molecule has 0 aliphatic carbocycles. The summed E-state index contributed by atoms with van der Waals surface area (Å²) in [4.78, 5) is 25.3. The lowest BCUT2D eigenvalue weighted by atomic mass is 9.91. The van der Waals surface area contributed by atoms with Crippen LogP contribution in [-0.4, -0.2) is 34.8 Å². The van der Waals surface area contributed by atoms with Crippen molar-refractivity contribution >= 4 is 11.8 Å². The molecule has 2 rings (SSSR count). The summed E-state index contributed by atoms with van der Waals surface area (Å²) in [7, 11) is 0. The number of Topliss-reactive ketones (excluding diaryl/α,β-unsaturated/α-hetero) is 1. The molecule has 4 nitrogen and oxygen atoms in total. The molecule has 1 saturated heterocycles. The normalized spacial score (nSPS) is 22.0. The predicted octanol–water partition coefficient (Wildman–Crippen LogP) is 2.97. The van der Waals surface area contributed by atoms with Gasteiger partial charge in [-0.1, -0.05) is 13.0 Å². The number of carboxylic acids is 1. The molecule has 0 spiro atoms. The third kappa shape index (κ3) is 3.07. The Kier molecular flexibility index (Phi) is 4.71. The Morgan fingerprint density at radius 1 is 1.23 bits per heavy atom. The van der Waals surface area contributed by atoms with Crippen molar-refractivity contribution in [2.45, 2.75) is 41.2 Å². The largest absolute Gasteiger partial charge is 0.481 e. The number of carboxylic acid groups (broad SMARTS) is 1. The van der Waals surface area contributed by atoms with E-state index in [1.54, 1.807) is 6.92 Å².